The summed E-state index contributed by atoms with van der Waals surface area (Å²) >= 11 is 0. The molecule has 0 radical (unpaired) electrons. The van der Waals surface area contributed by atoms with Gasteiger partial charge in [0.2, 0.25) is 0 Å². The van der Waals surface area contributed by atoms with Gasteiger partial charge in [0.25, 0.3) is 0 Å². The molecule has 0 aliphatic carbocycles. The quantitative estimate of drug-likeness (QED) is 0.818. The summed E-state index contributed by atoms with van der Waals surface area (Å²) in [5, 5.41) is 6.44. The summed E-state index contributed by atoms with van der Waals surface area (Å²) in [5.74, 6) is 0.468. The maximum Gasteiger partial charge on any atom is 0.412 e. The van der Waals surface area contributed by atoms with Gasteiger partial charge in [0.1, 0.15) is 5.60 Å². The predicted octanol–water partition coefficient (Wildman–Crippen LogP) is 4.95. The van der Waals surface area contributed by atoms with Crippen LogP contribution in [0.1, 0.15) is 59.6 Å². The Morgan fingerprint density at radius 2 is 2.08 bits per heavy atom. The number of hydrogen-bond acceptors (Lipinski definition) is 4. The summed E-state index contributed by atoms with van der Waals surface area (Å²) in [4.78, 5) is 12.1. The van der Waals surface area contributed by atoms with Crippen LogP contribution in [0.5, 0.6) is 0 Å². The second kappa shape index (κ2) is 7.43. The first-order valence-electron chi connectivity index (χ1n) is 8.72. The van der Waals surface area contributed by atoms with Crippen molar-refractivity contribution in [2.45, 2.75) is 65.7 Å². The fourth-order valence-electron chi connectivity index (χ4n) is 2.92. The third kappa shape index (κ3) is 4.63. The van der Waals surface area contributed by atoms with Crippen LogP contribution in [0.25, 0.3) is 0 Å². The van der Waals surface area contributed by atoms with Gasteiger partial charge in [-0.05, 0) is 46.1 Å². The molecule has 1 aromatic carbocycles. The van der Waals surface area contributed by atoms with E-state index in [1.54, 1.807) is 0 Å². The van der Waals surface area contributed by atoms with E-state index in [1.807, 2.05) is 39.8 Å². The number of para-hydroxylation sites is 1. The molecular formula is C19H30N2O3. The van der Waals surface area contributed by atoms with Crippen molar-refractivity contribution >= 4 is 17.5 Å². The van der Waals surface area contributed by atoms with Crippen molar-refractivity contribution in [1.29, 1.82) is 0 Å². The van der Waals surface area contributed by atoms with E-state index in [0.29, 0.717) is 18.6 Å². The topological polar surface area (TPSA) is 59.6 Å². The third-order valence-electron chi connectivity index (χ3n) is 4.05. The number of fused-ring (bicyclic) bond motifs is 1. The van der Waals surface area contributed by atoms with Gasteiger partial charge in [-0.15, -0.1) is 0 Å². The monoisotopic (exact) mass is 334 g/mol. The Hall–Kier alpha value is -1.75. The molecule has 5 nitrogen and oxygen atoms in total. The molecule has 2 N–H and O–H groups in total. The van der Waals surface area contributed by atoms with Crippen LogP contribution in [-0.2, 0) is 9.47 Å². The highest BCUT2D eigenvalue weighted by Crippen LogP contribution is 2.41. The molecule has 0 saturated heterocycles. The number of anilines is 2. The van der Waals surface area contributed by atoms with Crippen LogP contribution in [0, 0.1) is 5.92 Å². The molecule has 134 valence electrons. The van der Waals surface area contributed by atoms with E-state index in [-0.39, 0.29) is 6.10 Å². The Morgan fingerprint density at radius 3 is 2.67 bits per heavy atom. The first kappa shape index (κ1) is 18.6. The smallest absolute Gasteiger partial charge is 0.412 e. The molecule has 0 bridgehead atoms. The summed E-state index contributed by atoms with van der Waals surface area (Å²) in [5.41, 5.74) is 2.23. The zero-order valence-electron chi connectivity index (χ0n) is 15.6. The molecule has 2 atom stereocenters. The van der Waals surface area contributed by atoms with Gasteiger partial charge in [0.15, 0.2) is 0 Å². The minimum atomic E-state index is -0.527. The summed E-state index contributed by atoms with van der Waals surface area (Å²) in [7, 11) is 0. The van der Waals surface area contributed by atoms with Crippen molar-refractivity contribution in [3.8, 4) is 0 Å². The van der Waals surface area contributed by atoms with Crippen molar-refractivity contribution in [3.63, 3.8) is 0 Å². The maximum absolute atomic E-state index is 12.1. The van der Waals surface area contributed by atoms with Gasteiger partial charge < -0.3 is 14.8 Å². The lowest BCUT2D eigenvalue weighted by Crippen LogP contribution is -2.34. The SMILES string of the molecule is CCOC1CC(C(C)C)Nc2c(NC(=O)OC(C)(C)C)cccc21. The molecule has 1 aromatic rings. The molecule has 1 heterocycles. The molecule has 0 saturated carbocycles. The van der Waals surface area contributed by atoms with E-state index < -0.39 is 11.7 Å². The van der Waals surface area contributed by atoms with Gasteiger partial charge >= 0.3 is 6.09 Å². The van der Waals surface area contributed by atoms with Crippen molar-refractivity contribution < 1.29 is 14.3 Å². The number of carbonyl (C=O) groups excluding carboxylic acids is 1. The van der Waals surface area contributed by atoms with Crippen LogP contribution in [-0.4, -0.2) is 24.3 Å². The highest BCUT2D eigenvalue weighted by Gasteiger charge is 2.30. The first-order valence-corrected chi connectivity index (χ1v) is 8.72. The predicted molar refractivity (Wildman–Crippen MR) is 97.5 cm³/mol. The maximum atomic E-state index is 12.1. The fraction of sp³-hybridized carbons (Fsp3) is 0.632. The minimum absolute atomic E-state index is 0.0408. The van der Waals surface area contributed by atoms with Gasteiger partial charge in [-0.2, -0.15) is 0 Å². The van der Waals surface area contributed by atoms with Crippen LogP contribution < -0.4 is 10.6 Å². The second-order valence-corrected chi connectivity index (χ2v) is 7.57. The summed E-state index contributed by atoms with van der Waals surface area (Å²) in [6, 6.07) is 6.19. The van der Waals surface area contributed by atoms with Crippen molar-refractivity contribution in [2.24, 2.45) is 5.92 Å². The number of hydrogen-bond donors (Lipinski definition) is 2. The second-order valence-electron chi connectivity index (χ2n) is 7.57. The number of amides is 1. The first-order chi connectivity index (χ1) is 11.2. The summed E-state index contributed by atoms with van der Waals surface area (Å²) in [6.07, 6.45) is 0.519. The molecule has 0 aromatic heterocycles. The Labute approximate surface area is 145 Å². The zero-order valence-corrected chi connectivity index (χ0v) is 15.6. The van der Waals surface area contributed by atoms with E-state index in [0.717, 1.165) is 23.4 Å². The Morgan fingerprint density at radius 1 is 1.38 bits per heavy atom. The average molecular weight is 334 g/mol. The number of carbonyl (C=O) groups is 1. The number of ether oxygens (including phenoxy) is 2. The van der Waals surface area contributed by atoms with Crippen LogP contribution >= 0.6 is 0 Å². The molecule has 0 fully saturated rings. The number of rotatable bonds is 4. The highest BCUT2D eigenvalue weighted by molar-refractivity contribution is 5.91. The summed E-state index contributed by atoms with van der Waals surface area (Å²) in [6.45, 7) is 12.6. The zero-order chi connectivity index (χ0) is 17.9. The molecule has 1 amide bonds. The molecule has 1 aliphatic heterocycles. The van der Waals surface area contributed by atoms with E-state index >= 15 is 0 Å². The lowest BCUT2D eigenvalue weighted by atomic mass is 9.88. The Bertz CT molecular complexity index is 578. The van der Waals surface area contributed by atoms with E-state index in [4.69, 9.17) is 9.47 Å². The average Bonchev–Trinajstić information content (AvgIpc) is 2.46. The standard InChI is InChI=1S/C19H30N2O3/c1-7-23-16-11-15(12(2)3)20-17-13(16)9-8-10-14(17)21-18(22)24-19(4,5)6/h8-10,12,15-16,20H,7,11H2,1-6H3,(H,21,22). The molecule has 0 spiro atoms. The lowest BCUT2D eigenvalue weighted by Gasteiger charge is -2.36. The van der Waals surface area contributed by atoms with Gasteiger partial charge in [-0.3, -0.25) is 5.32 Å². The Kier molecular flexibility index (Phi) is 5.75. The van der Waals surface area contributed by atoms with Crippen molar-refractivity contribution in [1.82, 2.24) is 0 Å². The van der Waals surface area contributed by atoms with Crippen molar-refractivity contribution in [2.75, 3.05) is 17.2 Å². The van der Waals surface area contributed by atoms with Gasteiger partial charge in [0, 0.05) is 18.2 Å². The number of benzene rings is 1. The summed E-state index contributed by atoms with van der Waals surface area (Å²) < 4.78 is 11.3. The van der Waals surface area contributed by atoms with Crippen molar-refractivity contribution in [3.05, 3.63) is 23.8 Å². The van der Waals surface area contributed by atoms with E-state index in [1.165, 1.54) is 0 Å². The normalized spacial score (nSPS) is 20.3. The number of nitrogens with one attached hydrogen (secondary N) is 2. The van der Waals surface area contributed by atoms with Gasteiger partial charge in [-0.1, -0.05) is 26.0 Å². The third-order valence-corrected chi connectivity index (χ3v) is 4.05. The Balaban J connectivity index is 2.29. The van der Waals surface area contributed by atoms with Crippen LogP contribution in [0.4, 0.5) is 16.2 Å². The molecular weight excluding hydrogens is 304 g/mol. The fourth-order valence-corrected chi connectivity index (χ4v) is 2.92. The van der Waals surface area contributed by atoms with Crippen LogP contribution in [0.2, 0.25) is 0 Å². The molecule has 5 heteroatoms. The lowest BCUT2D eigenvalue weighted by molar-refractivity contribution is 0.0465. The van der Waals surface area contributed by atoms with Gasteiger partial charge in [-0.25, -0.2) is 4.79 Å². The van der Waals surface area contributed by atoms with Gasteiger partial charge in [0.05, 0.1) is 17.5 Å². The largest absolute Gasteiger partial charge is 0.444 e. The van der Waals surface area contributed by atoms with Crippen LogP contribution in [0.3, 0.4) is 0 Å². The van der Waals surface area contributed by atoms with E-state index in [2.05, 4.69) is 30.5 Å². The van der Waals surface area contributed by atoms with E-state index in [9.17, 15) is 4.79 Å². The minimum Gasteiger partial charge on any atom is -0.444 e. The van der Waals surface area contributed by atoms with Crippen LogP contribution in [0.15, 0.2) is 18.2 Å². The molecule has 2 rings (SSSR count). The molecule has 24 heavy (non-hydrogen) atoms. The highest BCUT2D eigenvalue weighted by atomic mass is 16.6. The molecule has 2 unspecified atom stereocenters. The molecule has 1 aliphatic rings.